The first-order chi connectivity index (χ1) is 10.8. The summed E-state index contributed by atoms with van der Waals surface area (Å²) in [6, 6.07) is 11.9. The van der Waals surface area contributed by atoms with E-state index < -0.39 is 0 Å². The molecule has 22 heavy (non-hydrogen) atoms. The van der Waals surface area contributed by atoms with E-state index in [9.17, 15) is 4.79 Å². The van der Waals surface area contributed by atoms with Crippen LogP contribution in [0, 0.1) is 0 Å². The van der Waals surface area contributed by atoms with Crippen molar-refractivity contribution in [3.05, 3.63) is 59.9 Å². The monoisotopic (exact) mass is 314 g/mol. The highest BCUT2D eigenvalue weighted by molar-refractivity contribution is 8.00. The topological polar surface area (TPSA) is 42.4 Å². The predicted octanol–water partition coefficient (Wildman–Crippen LogP) is 2.91. The number of aromatic nitrogens is 1. The van der Waals surface area contributed by atoms with Crippen molar-refractivity contribution in [1.82, 2.24) is 9.88 Å². The van der Waals surface area contributed by atoms with Crippen LogP contribution in [-0.2, 0) is 11.2 Å². The summed E-state index contributed by atoms with van der Waals surface area (Å²) in [5.74, 6) is 1.58. The van der Waals surface area contributed by atoms with Crippen molar-refractivity contribution in [3.8, 4) is 5.75 Å². The molecule has 1 aromatic carbocycles. The Labute approximate surface area is 134 Å². The van der Waals surface area contributed by atoms with Crippen LogP contribution < -0.4 is 4.74 Å². The number of hydrogen-bond donors (Lipinski definition) is 0. The lowest BCUT2D eigenvalue weighted by molar-refractivity contribution is -0.128. The van der Waals surface area contributed by atoms with E-state index >= 15 is 0 Å². The summed E-state index contributed by atoms with van der Waals surface area (Å²) >= 11 is 1.68. The molecule has 0 bridgehead atoms. The van der Waals surface area contributed by atoms with Gasteiger partial charge in [0.2, 0.25) is 5.91 Å². The minimum atomic E-state index is 0.0927. The smallest absolute Gasteiger partial charge is 0.233 e. The van der Waals surface area contributed by atoms with Crippen molar-refractivity contribution in [1.29, 1.82) is 0 Å². The van der Waals surface area contributed by atoms with Crippen LogP contribution in [-0.4, -0.2) is 35.2 Å². The van der Waals surface area contributed by atoms with Gasteiger partial charge in [-0.3, -0.25) is 9.78 Å². The van der Waals surface area contributed by atoms with E-state index in [1.807, 2.05) is 47.5 Å². The van der Waals surface area contributed by atoms with Gasteiger partial charge in [0.05, 0.1) is 12.9 Å². The van der Waals surface area contributed by atoms with Crippen molar-refractivity contribution in [2.24, 2.45) is 0 Å². The standard InChI is InChI=1S/C17H18N2O2S/c1-21-15-6-4-14(5-7-15)17-19(16(20)12-22-17)10-8-13-3-2-9-18-11-13/h2-7,9,11,17H,8,10,12H2,1H3. The molecule has 1 aliphatic rings. The number of pyridine rings is 1. The molecule has 3 rings (SSSR count). The Morgan fingerprint density at radius 2 is 2.14 bits per heavy atom. The summed E-state index contributed by atoms with van der Waals surface area (Å²) in [6.07, 6.45) is 4.45. The number of carbonyl (C=O) groups is 1. The maximum Gasteiger partial charge on any atom is 0.233 e. The molecule has 1 saturated heterocycles. The van der Waals surface area contributed by atoms with Gasteiger partial charge in [-0.05, 0) is 35.7 Å². The zero-order chi connectivity index (χ0) is 15.4. The van der Waals surface area contributed by atoms with Gasteiger partial charge in [0.1, 0.15) is 11.1 Å². The SMILES string of the molecule is COc1ccc(C2SCC(=O)N2CCc2cccnc2)cc1. The second kappa shape index (κ2) is 6.83. The Kier molecular flexibility index (Phi) is 4.63. The van der Waals surface area contributed by atoms with Crippen LogP contribution in [0.25, 0.3) is 0 Å². The molecule has 0 saturated carbocycles. The minimum Gasteiger partial charge on any atom is -0.497 e. The molecule has 1 aromatic heterocycles. The number of amides is 1. The molecule has 2 heterocycles. The maximum atomic E-state index is 12.2. The fraction of sp³-hybridized carbons (Fsp3) is 0.294. The number of benzene rings is 1. The molecule has 2 aromatic rings. The molecule has 0 aliphatic carbocycles. The predicted molar refractivity (Wildman–Crippen MR) is 87.8 cm³/mol. The third-order valence-corrected chi connectivity index (χ3v) is 4.99. The summed E-state index contributed by atoms with van der Waals surface area (Å²) in [7, 11) is 1.66. The van der Waals surface area contributed by atoms with Gasteiger partial charge < -0.3 is 9.64 Å². The van der Waals surface area contributed by atoms with E-state index in [0.717, 1.165) is 23.3 Å². The molecule has 5 heteroatoms. The summed E-state index contributed by atoms with van der Waals surface area (Å²) in [5, 5.41) is 0.0927. The number of methoxy groups -OCH3 is 1. The Hall–Kier alpha value is -2.01. The second-order valence-corrected chi connectivity index (χ2v) is 6.20. The number of thioether (sulfide) groups is 1. The van der Waals surface area contributed by atoms with Crippen LogP contribution in [0.5, 0.6) is 5.75 Å². The van der Waals surface area contributed by atoms with Crippen LogP contribution >= 0.6 is 11.8 Å². The largest absolute Gasteiger partial charge is 0.497 e. The summed E-state index contributed by atoms with van der Waals surface area (Å²) in [6.45, 7) is 0.716. The van der Waals surface area contributed by atoms with Crippen molar-refractivity contribution < 1.29 is 9.53 Å². The molecule has 1 atom stereocenters. The van der Waals surface area contributed by atoms with Gasteiger partial charge in [-0.15, -0.1) is 11.8 Å². The van der Waals surface area contributed by atoms with Crippen molar-refractivity contribution in [3.63, 3.8) is 0 Å². The molecule has 1 fully saturated rings. The summed E-state index contributed by atoms with van der Waals surface area (Å²) in [4.78, 5) is 18.2. The minimum absolute atomic E-state index is 0.0927. The van der Waals surface area contributed by atoms with E-state index in [1.54, 1.807) is 25.1 Å². The van der Waals surface area contributed by atoms with Crippen molar-refractivity contribution >= 4 is 17.7 Å². The van der Waals surface area contributed by atoms with Crippen LogP contribution in [0.1, 0.15) is 16.5 Å². The van der Waals surface area contributed by atoms with Gasteiger partial charge in [0.25, 0.3) is 0 Å². The highest BCUT2D eigenvalue weighted by Gasteiger charge is 2.32. The Morgan fingerprint density at radius 1 is 1.32 bits per heavy atom. The van der Waals surface area contributed by atoms with Gasteiger partial charge >= 0.3 is 0 Å². The number of carbonyl (C=O) groups excluding carboxylic acids is 1. The Bertz CT molecular complexity index is 631. The van der Waals surface area contributed by atoms with Gasteiger partial charge in [0.15, 0.2) is 0 Å². The van der Waals surface area contributed by atoms with Gasteiger partial charge in [-0.2, -0.15) is 0 Å². The molecule has 1 amide bonds. The average Bonchev–Trinajstić information content (AvgIpc) is 2.95. The molecule has 0 N–H and O–H groups in total. The van der Waals surface area contributed by atoms with Gasteiger partial charge in [-0.1, -0.05) is 18.2 Å². The highest BCUT2D eigenvalue weighted by atomic mass is 32.2. The maximum absolute atomic E-state index is 12.2. The van der Waals surface area contributed by atoms with Gasteiger partial charge in [-0.25, -0.2) is 0 Å². The molecule has 0 radical (unpaired) electrons. The first-order valence-electron chi connectivity index (χ1n) is 7.22. The first-order valence-corrected chi connectivity index (χ1v) is 8.27. The van der Waals surface area contributed by atoms with Crippen LogP contribution in [0.3, 0.4) is 0 Å². The quantitative estimate of drug-likeness (QED) is 0.851. The number of nitrogens with zero attached hydrogens (tertiary/aromatic N) is 2. The summed E-state index contributed by atoms with van der Waals surface area (Å²) < 4.78 is 5.19. The summed E-state index contributed by atoms with van der Waals surface area (Å²) in [5.41, 5.74) is 2.29. The van der Waals surface area contributed by atoms with Crippen molar-refractivity contribution in [2.45, 2.75) is 11.8 Å². The molecule has 4 nitrogen and oxygen atoms in total. The fourth-order valence-corrected chi connectivity index (χ4v) is 3.75. The zero-order valence-electron chi connectivity index (χ0n) is 12.4. The normalized spacial score (nSPS) is 17.8. The molecule has 1 unspecified atom stereocenters. The van der Waals surface area contributed by atoms with E-state index in [2.05, 4.69) is 4.98 Å². The first kappa shape index (κ1) is 14.9. The molecular formula is C17H18N2O2S. The third kappa shape index (κ3) is 3.25. The third-order valence-electron chi connectivity index (χ3n) is 3.73. The van der Waals surface area contributed by atoms with E-state index in [1.165, 1.54) is 0 Å². The Morgan fingerprint density at radius 3 is 2.82 bits per heavy atom. The van der Waals surface area contributed by atoms with Gasteiger partial charge in [0, 0.05) is 18.9 Å². The van der Waals surface area contributed by atoms with E-state index in [4.69, 9.17) is 4.74 Å². The van der Waals surface area contributed by atoms with E-state index in [-0.39, 0.29) is 11.3 Å². The van der Waals surface area contributed by atoms with Crippen LogP contribution in [0.4, 0.5) is 0 Å². The van der Waals surface area contributed by atoms with Crippen molar-refractivity contribution in [2.75, 3.05) is 19.4 Å². The van der Waals surface area contributed by atoms with Crippen LogP contribution in [0.15, 0.2) is 48.8 Å². The second-order valence-electron chi connectivity index (χ2n) is 5.13. The van der Waals surface area contributed by atoms with Crippen LogP contribution in [0.2, 0.25) is 0 Å². The fourth-order valence-electron chi connectivity index (χ4n) is 2.54. The van der Waals surface area contributed by atoms with E-state index in [0.29, 0.717) is 12.3 Å². The Balaban J connectivity index is 1.71. The highest BCUT2D eigenvalue weighted by Crippen LogP contribution is 2.38. The number of hydrogen-bond acceptors (Lipinski definition) is 4. The molecule has 1 aliphatic heterocycles. The molecular weight excluding hydrogens is 296 g/mol. The average molecular weight is 314 g/mol. The number of rotatable bonds is 5. The lowest BCUT2D eigenvalue weighted by Crippen LogP contribution is -2.30. The molecule has 0 spiro atoms. The zero-order valence-corrected chi connectivity index (χ0v) is 13.3. The lowest BCUT2D eigenvalue weighted by Gasteiger charge is -2.24. The lowest BCUT2D eigenvalue weighted by atomic mass is 10.1. The molecule has 114 valence electrons. The number of ether oxygens (including phenoxy) is 1.